The quantitative estimate of drug-likeness (QED) is 0.747. The van der Waals surface area contributed by atoms with E-state index < -0.39 is 0 Å². The van der Waals surface area contributed by atoms with Gasteiger partial charge in [0, 0.05) is 23.0 Å². The minimum Gasteiger partial charge on any atom is -0.301 e. The average Bonchev–Trinajstić information content (AvgIpc) is 2.31. The molecule has 3 nitrogen and oxygen atoms in total. The summed E-state index contributed by atoms with van der Waals surface area (Å²) in [4.78, 5) is 5.10. The van der Waals surface area contributed by atoms with E-state index in [4.69, 9.17) is 5.26 Å². The minimum absolute atomic E-state index is 0.0666. The molecule has 1 N–H and O–H groups in total. The number of nitrogens with one attached hydrogen (secondary N) is 1. The van der Waals surface area contributed by atoms with Gasteiger partial charge < -0.3 is 5.32 Å². The highest BCUT2D eigenvalue weighted by molar-refractivity contribution is 7.99. The first-order valence-electron chi connectivity index (χ1n) is 5.02. The van der Waals surface area contributed by atoms with Gasteiger partial charge in [-0.3, -0.25) is 4.98 Å². The summed E-state index contributed by atoms with van der Waals surface area (Å²) in [6, 6.07) is 6.11. The molecular formula is C11H15N3S. The third-order valence-corrected chi connectivity index (χ3v) is 2.97. The topological polar surface area (TPSA) is 48.7 Å². The Hall–Kier alpha value is -1.05. The molecule has 0 amide bonds. The van der Waals surface area contributed by atoms with E-state index in [0.29, 0.717) is 0 Å². The molecule has 1 unspecified atom stereocenters. The summed E-state index contributed by atoms with van der Waals surface area (Å²) in [6.07, 6.45) is 4.59. The predicted molar refractivity (Wildman–Crippen MR) is 62.7 cm³/mol. The van der Waals surface area contributed by atoms with E-state index in [-0.39, 0.29) is 6.04 Å². The van der Waals surface area contributed by atoms with Gasteiger partial charge in [0.25, 0.3) is 0 Å². The van der Waals surface area contributed by atoms with Gasteiger partial charge in [-0.1, -0.05) is 6.92 Å². The Bertz CT molecular complexity index is 307. The number of hydrogen-bond donors (Lipinski definition) is 1. The Kier molecular flexibility index (Phi) is 5.83. The van der Waals surface area contributed by atoms with Crippen LogP contribution in [0.2, 0.25) is 0 Å². The standard InChI is InChI=1S/C11H15N3S/c1-2-5-14-10(8-12)9-15-11-3-6-13-7-4-11/h3-4,6-7,10,14H,2,5,9H2,1H3. The fraction of sp³-hybridized carbons (Fsp3) is 0.455. The number of nitriles is 1. The summed E-state index contributed by atoms with van der Waals surface area (Å²) >= 11 is 1.68. The fourth-order valence-corrected chi connectivity index (χ4v) is 1.94. The molecular weight excluding hydrogens is 206 g/mol. The van der Waals surface area contributed by atoms with Crippen LogP contribution in [0.5, 0.6) is 0 Å². The van der Waals surface area contributed by atoms with E-state index in [0.717, 1.165) is 23.6 Å². The van der Waals surface area contributed by atoms with Gasteiger partial charge in [0.05, 0.1) is 6.07 Å². The van der Waals surface area contributed by atoms with Crippen LogP contribution >= 0.6 is 11.8 Å². The summed E-state index contributed by atoms with van der Waals surface area (Å²) in [5, 5.41) is 12.1. The molecule has 0 aromatic carbocycles. The zero-order chi connectivity index (χ0) is 10.9. The monoisotopic (exact) mass is 221 g/mol. The maximum absolute atomic E-state index is 8.89. The van der Waals surface area contributed by atoms with E-state index in [1.54, 1.807) is 24.2 Å². The van der Waals surface area contributed by atoms with Gasteiger partial charge in [0.1, 0.15) is 6.04 Å². The van der Waals surface area contributed by atoms with Crippen molar-refractivity contribution in [3.63, 3.8) is 0 Å². The largest absolute Gasteiger partial charge is 0.301 e. The van der Waals surface area contributed by atoms with E-state index in [9.17, 15) is 0 Å². The first-order valence-corrected chi connectivity index (χ1v) is 6.01. The second-order valence-electron chi connectivity index (χ2n) is 3.13. The Morgan fingerprint density at radius 2 is 2.27 bits per heavy atom. The Morgan fingerprint density at radius 3 is 2.87 bits per heavy atom. The summed E-state index contributed by atoms with van der Waals surface area (Å²) in [5.74, 6) is 0.778. The van der Waals surface area contributed by atoms with Gasteiger partial charge in [-0.2, -0.15) is 5.26 Å². The summed E-state index contributed by atoms with van der Waals surface area (Å²) in [5.41, 5.74) is 0. The predicted octanol–water partition coefficient (Wildman–Crippen LogP) is 2.07. The van der Waals surface area contributed by atoms with Crippen molar-refractivity contribution >= 4 is 11.8 Å². The first kappa shape index (κ1) is 12.0. The highest BCUT2D eigenvalue weighted by atomic mass is 32.2. The lowest BCUT2D eigenvalue weighted by molar-refractivity contribution is 0.637. The van der Waals surface area contributed by atoms with E-state index in [1.165, 1.54) is 0 Å². The van der Waals surface area contributed by atoms with Crippen LogP contribution in [0, 0.1) is 11.3 Å². The van der Waals surface area contributed by atoms with Gasteiger partial charge in [0.15, 0.2) is 0 Å². The zero-order valence-corrected chi connectivity index (χ0v) is 9.63. The van der Waals surface area contributed by atoms with Crippen LogP contribution in [0.4, 0.5) is 0 Å². The highest BCUT2D eigenvalue weighted by Crippen LogP contribution is 2.16. The molecule has 0 fully saturated rings. The molecule has 0 bridgehead atoms. The Balaban J connectivity index is 2.32. The number of rotatable bonds is 6. The molecule has 1 atom stereocenters. The third-order valence-electron chi connectivity index (χ3n) is 1.86. The molecule has 0 aliphatic rings. The number of pyridine rings is 1. The van der Waals surface area contributed by atoms with Crippen LogP contribution < -0.4 is 5.32 Å². The van der Waals surface area contributed by atoms with Crippen molar-refractivity contribution in [1.29, 1.82) is 5.26 Å². The van der Waals surface area contributed by atoms with Gasteiger partial charge in [0.2, 0.25) is 0 Å². The van der Waals surface area contributed by atoms with Crippen molar-refractivity contribution in [1.82, 2.24) is 10.3 Å². The van der Waals surface area contributed by atoms with Crippen molar-refractivity contribution in [3.05, 3.63) is 24.5 Å². The van der Waals surface area contributed by atoms with Crippen LogP contribution in [-0.2, 0) is 0 Å². The Labute approximate surface area is 94.9 Å². The molecule has 0 spiro atoms. The zero-order valence-electron chi connectivity index (χ0n) is 8.81. The van der Waals surface area contributed by atoms with Crippen molar-refractivity contribution in [2.45, 2.75) is 24.3 Å². The number of thioether (sulfide) groups is 1. The minimum atomic E-state index is -0.0666. The molecule has 0 radical (unpaired) electrons. The first-order chi connectivity index (χ1) is 7.36. The maximum Gasteiger partial charge on any atom is 0.105 e. The van der Waals surface area contributed by atoms with Crippen LogP contribution in [0.3, 0.4) is 0 Å². The van der Waals surface area contributed by atoms with Crippen LogP contribution in [-0.4, -0.2) is 23.3 Å². The van der Waals surface area contributed by atoms with E-state index >= 15 is 0 Å². The van der Waals surface area contributed by atoms with Crippen molar-refractivity contribution in [3.8, 4) is 6.07 Å². The van der Waals surface area contributed by atoms with Gasteiger partial charge in [-0.05, 0) is 25.1 Å². The van der Waals surface area contributed by atoms with Crippen LogP contribution in [0.25, 0.3) is 0 Å². The number of aromatic nitrogens is 1. The highest BCUT2D eigenvalue weighted by Gasteiger charge is 2.05. The summed E-state index contributed by atoms with van der Waals surface area (Å²) in [7, 11) is 0. The summed E-state index contributed by atoms with van der Waals surface area (Å²) in [6.45, 7) is 2.99. The molecule has 4 heteroatoms. The lowest BCUT2D eigenvalue weighted by Gasteiger charge is -2.09. The molecule has 0 aliphatic heterocycles. The molecule has 1 rings (SSSR count). The lowest BCUT2D eigenvalue weighted by atomic mass is 10.3. The molecule has 1 aromatic rings. The second-order valence-corrected chi connectivity index (χ2v) is 4.22. The average molecular weight is 221 g/mol. The van der Waals surface area contributed by atoms with Gasteiger partial charge in [-0.25, -0.2) is 0 Å². The molecule has 0 aliphatic carbocycles. The maximum atomic E-state index is 8.89. The number of hydrogen-bond acceptors (Lipinski definition) is 4. The third kappa shape index (κ3) is 4.82. The number of nitrogens with zero attached hydrogens (tertiary/aromatic N) is 2. The van der Waals surface area contributed by atoms with Crippen molar-refractivity contribution in [2.75, 3.05) is 12.3 Å². The molecule has 0 saturated heterocycles. The molecule has 0 saturated carbocycles. The van der Waals surface area contributed by atoms with Crippen LogP contribution in [0.15, 0.2) is 29.4 Å². The van der Waals surface area contributed by atoms with Gasteiger partial charge >= 0.3 is 0 Å². The second kappa shape index (κ2) is 7.27. The summed E-state index contributed by atoms with van der Waals surface area (Å²) < 4.78 is 0. The lowest BCUT2D eigenvalue weighted by Crippen LogP contribution is -2.30. The molecule has 1 aromatic heterocycles. The molecule has 1 heterocycles. The van der Waals surface area contributed by atoms with Crippen molar-refractivity contribution < 1.29 is 0 Å². The Morgan fingerprint density at radius 1 is 1.53 bits per heavy atom. The van der Waals surface area contributed by atoms with E-state index in [2.05, 4.69) is 23.3 Å². The van der Waals surface area contributed by atoms with Crippen LogP contribution in [0.1, 0.15) is 13.3 Å². The molecule has 80 valence electrons. The fourth-order valence-electron chi connectivity index (χ4n) is 1.07. The SMILES string of the molecule is CCCNC(C#N)CSc1ccncc1. The van der Waals surface area contributed by atoms with E-state index in [1.807, 2.05) is 12.1 Å². The smallest absolute Gasteiger partial charge is 0.105 e. The van der Waals surface area contributed by atoms with Gasteiger partial charge in [-0.15, -0.1) is 11.8 Å². The normalized spacial score (nSPS) is 12.0. The van der Waals surface area contributed by atoms with Crippen molar-refractivity contribution in [2.24, 2.45) is 0 Å². The molecule has 15 heavy (non-hydrogen) atoms.